The van der Waals surface area contributed by atoms with Gasteiger partial charge in [-0.2, -0.15) is 0 Å². The lowest BCUT2D eigenvalue weighted by atomic mass is 9.91. The monoisotopic (exact) mass is 798 g/mol. The molecule has 3 heteroatoms. The van der Waals surface area contributed by atoms with Gasteiger partial charge in [0.15, 0.2) is 0 Å². The van der Waals surface area contributed by atoms with Gasteiger partial charge in [0, 0.05) is 0 Å². The molecular weight excluding hydrogens is 733 g/mol. The van der Waals surface area contributed by atoms with E-state index >= 15 is 0 Å². The van der Waals surface area contributed by atoms with E-state index in [0.717, 1.165) is 53.3 Å². The Balaban J connectivity index is 1.11. The summed E-state index contributed by atoms with van der Waals surface area (Å²) in [4.78, 5) is 0. The number of fused-ring (bicyclic) bond motifs is 6. The Morgan fingerprint density at radius 2 is 0.632 bits per heavy atom. The maximum Gasteiger partial charge on any atom is 0.115 e. The minimum Gasteiger partial charge on any atom is -0.0851 e. The summed E-state index contributed by atoms with van der Waals surface area (Å²) in [6.45, 7) is 8.33. The third-order valence-corrected chi connectivity index (χ3v) is 30.7. The number of hydrogen-bond donors (Lipinski definition) is 0. The third kappa shape index (κ3) is 7.16. The van der Waals surface area contributed by atoms with Gasteiger partial charge in [-0.25, -0.2) is 0 Å². The van der Waals surface area contributed by atoms with Crippen LogP contribution in [0.4, 0.5) is 0 Å². The van der Waals surface area contributed by atoms with Crippen molar-refractivity contribution in [3.05, 3.63) is 146 Å². The molecule has 0 amide bonds. The van der Waals surface area contributed by atoms with E-state index in [1.165, 1.54) is 75.9 Å². The molecule has 4 aromatic carbocycles. The second kappa shape index (κ2) is 15.4. The predicted molar refractivity (Wildman–Crippen MR) is 253 cm³/mol. The zero-order chi connectivity index (χ0) is 38.6. The first-order valence-electron chi connectivity index (χ1n) is 23.1. The highest BCUT2D eigenvalue weighted by atomic mass is 28.3. The van der Waals surface area contributed by atoms with Crippen LogP contribution in [0, 0.1) is 53.3 Å². The lowest BCUT2D eigenvalue weighted by Gasteiger charge is -2.38. The zero-order valence-corrected chi connectivity index (χ0v) is 38.0. The van der Waals surface area contributed by atoms with Crippen LogP contribution >= 0.6 is 0 Å². The summed E-state index contributed by atoms with van der Waals surface area (Å²) in [7, 11) is -6.41. The van der Waals surface area contributed by atoms with Gasteiger partial charge in [0.2, 0.25) is 0 Å². The van der Waals surface area contributed by atoms with Crippen LogP contribution in [0.3, 0.4) is 0 Å². The fourth-order valence-electron chi connectivity index (χ4n) is 13.5. The molecule has 0 radical (unpaired) electrons. The zero-order valence-electron chi connectivity index (χ0n) is 35.0. The molecule has 294 valence electrons. The summed E-state index contributed by atoms with van der Waals surface area (Å²) in [5.41, 5.74) is 0. The first-order chi connectivity index (χ1) is 27.8. The summed E-state index contributed by atoms with van der Waals surface area (Å²) >= 11 is 0. The van der Waals surface area contributed by atoms with Crippen molar-refractivity contribution in [3.63, 3.8) is 0 Å². The van der Waals surface area contributed by atoms with Gasteiger partial charge in [-0.05, 0) is 110 Å². The second-order valence-corrected chi connectivity index (χ2v) is 33.6. The Morgan fingerprint density at radius 3 is 0.860 bits per heavy atom. The lowest BCUT2D eigenvalue weighted by Crippen LogP contribution is -2.65. The molecule has 0 nitrogen and oxygen atoms in total. The predicted octanol–water partition coefficient (Wildman–Crippen LogP) is 10.1. The van der Waals surface area contributed by atoms with E-state index in [9.17, 15) is 0 Å². The molecule has 0 aromatic heterocycles. The second-order valence-electron chi connectivity index (χ2n) is 20.6. The Kier molecular flexibility index (Phi) is 10.3. The minimum absolute atomic E-state index is 0.815. The highest BCUT2D eigenvalue weighted by molar-refractivity contribution is 7.06. The van der Waals surface area contributed by atoms with Gasteiger partial charge < -0.3 is 0 Å². The SMILES string of the molecule is C[Si](CCC1CC2C=CC1C2)(c1ccccc1)c1cc([Si](C)(CCC2CC3C=CC2C3)c2ccccc2)cc([Si](C)(CCC2CC3C=CC2C3)c2ccccc2)c1. The summed E-state index contributed by atoms with van der Waals surface area (Å²) in [6.07, 6.45) is 28.0. The standard InChI is InChI=1S/C54H66Si3/c1-55(49-13-7-4-8-14-49,28-25-46-34-40-19-22-43(46)31-40)52-37-53(56(2,50-15-9-5-10-16-50)29-26-47-35-41-20-23-44(47)32-41)39-54(38-52)57(3,51-17-11-6-12-18-51)30-27-48-36-42-21-24-45(48)33-42/h4-24,37-48H,25-36H2,1-3H3. The van der Waals surface area contributed by atoms with Gasteiger partial charge >= 0.3 is 0 Å². The smallest absolute Gasteiger partial charge is 0.0851 e. The molecule has 0 heterocycles. The van der Waals surface area contributed by atoms with E-state index in [4.69, 9.17) is 0 Å². The van der Waals surface area contributed by atoms with E-state index in [1.54, 1.807) is 31.1 Å². The average Bonchev–Trinajstić information content (AvgIpc) is 4.15. The summed E-state index contributed by atoms with van der Waals surface area (Å²) < 4.78 is 0. The number of hydrogen-bond acceptors (Lipinski definition) is 0. The molecule has 0 spiro atoms. The number of allylic oxidation sites excluding steroid dienone is 6. The maximum absolute atomic E-state index is 2.86. The molecule has 0 saturated heterocycles. The van der Waals surface area contributed by atoms with E-state index < -0.39 is 24.2 Å². The van der Waals surface area contributed by atoms with Crippen molar-refractivity contribution in [2.75, 3.05) is 0 Å². The fraction of sp³-hybridized carbons (Fsp3) is 0.444. The minimum atomic E-state index is -2.14. The molecule has 12 unspecified atom stereocenters. The van der Waals surface area contributed by atoms with Gasteiger partial charge in [-0.15, -0.1) is 0 Å². The van der Waals surface area contributed by atoms with Crippen LogP contribution in [-0.4, -0.2) is 24.2 Å². The van der Waals surface area contributed by atoms with Crippen molar-refractivity contribution < 1.29 is 0 Å². The van der Waals surface area contributed by atoms with Crippen molar-refractivity contribution in [3.8, 4) is 0 Å². The molecule has 3 fully saturated rings. The summed E-state index contributed by atoms with van der Waals surface area (Å²) in [6, 6.07) is 48.5. The van der Waals surface area contributed by atoms with Gasteiger partial charge in [-0.3, -0.25) is 0 Å². The molecular formula is C54H66Si3. The normalized spacial score (nSPS) is 32.2. The molecule has 0 aliphatic heterocycles. The van der Waals surface area contributed by atoms with Crippen LogP contribution in [0.5, 0.6) is 0 Å². The molecule has 57 heavy (non-hydrogen) atoms. The average molecular weight is 799 g/mol. The first-order valence-corrected chi connectivity index (χ1v) is 31.3. The third-order valence-electron chi connectivity index (χ3n) is 17.4. The van der Waals surface area contributed by atoms with Crippen LogP contribution in [0.25, 0.3) is 0 Å². The van der Waals surface area contributed by atoms with Crippen molar-refractivity contribution >= 4 is 55.3 Å². The molecule has 6 aliphatic carbocycles. The lowest BCUT2D eigenvalue weighted by molar-refractivity contribution is 0.432. The molecule has 6 aliphatic rings. The van der Waals surface area contributed by atoms with Crippen molar-refractivity contribution in [1.82, 2.24) is 0 Å². The molecule has 4 aromatic rings. The van der Waals surface area contributed by atoms with Crippen LogP contribution < -0.4 is 31.1 Å². The van der Waals surface area contributed by atoms with Crippen LogP contribution in [-0.2, 0) is 0 Å². The highest BCUT2D eigenvalue weighted by Crippen LogP contribution is 2.48. The topological polar surface area (TPSA) is 0 Å². The van der Waals surface area contributed by atoms with Gasteiger partial charge in [-0.1, -0.05) is 216 Å². The summed E-state index contributed by atoms with van der Waals surface area (Å²) in [5.74, 6) is 7.54. The molecule has 10 rings (SSSR count). The van der Waals surface area contributed by atoms with Crippen molar-refractivity contribution in [1.29, 1.82) is 0 Å². The Labute approximate surface area is 348 Å². The first kappa shape index (κ1) is 38.0. The fourth-order valence-corrected chi connectivity index (χ4v) is 25.1. The Hall–Kier alpha value is -3.25. The summed E-state index contributed by atoms with van der Waals surface area (Å²) in [5, 5.41) is 10.1. The van der Waals surface area contributed by atoms with Gasteiger partial charge in [0.1, 0.15) is 24.2 Å². The molecule has 6 bridgehead atoms. The largest absolute Gasteiger partial charge is 0.115 e. The van der Waals surface area contributed by atoms with Crippen molar-refractivity contribution in [2.45, 2.75) is 95.6 Å². The highest BCUT2D eigenvalue weighted by Gasteiger charge is 2.44. The van der Waals surface area contributed by atoms with Gasteiger partial charge in [0.25, 0.3) is 0 Å². The van der Waals surface area contributed by atoms with Crippen LogP contribution in [0.1, 0.15) is 57.8 Å². The number of rotatable bonds is 15. The molecule has 12 atom stereocenters. The van der Waals surface area contributed by atoms with Crippen LogP contribution in [0.15, 0.2) is 146 Å². The Morgan fingerprint density at radius 1 is 0.351 bits per heavy atom. The van der Waals surface area contributed by atoms with E-state index in [1.807, 2.05) is 0 Å². The van der Waals surface area contributed by atoms with Gasteiger partial charge in [0.05, 0.1) is 0 Å². The Bertz CT molecular complexity index is 1870. The van der Waals surface area contributed by atoms with E-state index in [0.29, 0.717) is 0 Å². The maximum atomic E-state index is 2.86. The van der Waals surface area contributed by atoms with E-state index in [-0.39, 0.29) is 0 Å². The van der Waals surface area contributed by atoms with Crippen LogP contribution in [0.2, 0.25) is 37.8 Å². The van der Waals surface area contributed by atoms with E-state index in [2.05, 4.69) is 165 Å². The van der Waals surface area contributed by atoms with Crippen molar-refractivity contribution in [2.24, 2.45) is 53.3 Å². The quantitative estimate of drug-likeness (QED) is 0.0830. The number of benzene rings is 4. The molecule has 3 saturated carbocycles. The molecule has 0 N–H and O–H groups in total.